The van der Waals surface area contributed by atoms with E-state index in [4.69, 9.17) is 0 Å². The fraction of sp³-hybridized carbons (Fsp3) is 0.136. The normalized spacial score (nSPS) is 9.00. The zero-order chi connectivity index (χ0) is 15.9. The predicted octanol–water partition coefficient (Wildman–Crippen LogP) is 6.25. The van der Waals surface area contributed by atoms with E-state index in [9.17, 15) is 0 Å². The molecule has 1 aromatic carbocycles. The van der Waals surface area contributed by atoms with Gasteiger partial charge in [0.25, 0.3) is 0 Å². The van der Waals surface area contributed by atoms with Crippen LogP contribution in [0, 0.1) is 34.9 Å². The first kappa shape index (κ1) is 32.3. The Bertz CT molecular complexity index is 519. The van der Waals surface area contributed by atoms with Crippen molar-refractivity contribution in [2.24, 2.45) is 0 Å². The summed E-state index contributed by atoms with van der Waals surface area (Å²) >= 11 is 0. The van der Waals surface area contributed by atoms with Crippen LogP contribution in [0.5, 0.6) is 0 Å². The number of aromatic amines is 2. The summed E-state index contributed by atoms with van der Waals surface area (Å²) < 4.78 is 0. The average molecular weight is 525 g/mol. The van der Waals surface area contributed by atoms with Gasteiger partial charge in [0, 0.05) is 31.4 Å². The molecule has 144 valence electrons. The van der Waals surface area contributed by atoms with Crippen molar-refractivity contribution in [3.8, 4) is 0 Å². The van der Waals surface area contributed by atoms with E-state index in [-0.39, 0.29) is 53.8 Å². The first-order valence-corrected chi connectivity index (χ1v) is 7.39. The number of rotatable bonds is 0. The molecule has 0 atom stereocenters. The monoisotopic (exact) mass is 526 g/mol. The first-order chi connectivity index (χ1) is 10.8. The summed E-state index contributed by atoms with van der Waals surface area (Å²) in [6, 6.07) is 15.8. The Kier molecular flexibility index (Phi) is 29.4. The predicted molar refractivity (Wildman–Crippen MR) is 108 cm³/mol. The Hall–Kier alpha value is -1.36. The fourth-order valence-corrected chi connectivity index (χ4v) is 1.48. The van der Waals surface area contributed by atoms with Crippen LogP contribution in [0.3, 0.4) is 0 Å². The Morgan fingerprint density at radius 1 is 0.962 bits per heavy atom. The second-order valence-corrected chi connectivity index (χ2v) is 4.65. The van der Waals surface area contributed by atoms with Crippen molar-refractivity contribution in [2.45, 2.75) is 20.3 Å². The summed E-state index contributed by atoms with van der Waals surface area (Å²) in [6.45, 7) is 4.15. The molecule has 1 aliphatic rings. The van der Waals surface area contributed by atoms with Crippen LogP contribution in [0.4, 0.5) is 0 Å². The van der Waals surface area contributed by atoms with Gasteiger partial charge in [-0.1, -0.05) is 24.3 Å². The maximum atomic E-state index is 3.07. The van der Waals surface area contributed by atoms with Crippen molar-refractivity contribution >= 4 is 0 Å². The van der Waals surface area contributed by atoms with Gasteiger partial charge in [0.05, 0.1) is 0 Å². The second-order valence-electron chi connectivity index (χ2n) is 4.65. The number of hydrogen-bond donors (Lipinski definition) is 2. The molecule has 0 amide bonds. The smallest absolute Gasteiger partial charge is 0.484 e. The Balaban J connectivity index is -0.000000119. The van der Waals surface area contributed by atoms with Gasteiger partial charge in [-0.15, -0.1) is 6.20 Å². The molecule has 2 nitrogen and oxygen atoms in total. The van der Waals surface area contributed by atoms with Crippen LogP contribution in [0.2, 0.25) is 0 Å². The van der Waals surface area contributed by atoms with Gasteiger partial charge in [-0.3, -0.25) is 0 Å². The molecule has 0 saturated carbocycles. The summed E-state index contributed by atoms with van der Waals surface area (Å²) in [4.78, 5) is 5.80. The van der Waals surface area contributed by atoms with Crippen molar-refractivity contribution in [1.82, 2.24) is 9.97 Å². The Morgan fingerprint density at radius 2 is 1.58 bits per heavy atom. The van der Waals surface area contributed by atoms with E-state index in [0.29, 0.717) is 0 Å². The van der Waals surface area contributed by atoms with Crippen LogP contribution in [0.1, 0.15) is 17.7 Å². The molecule has 1 aliphatic carbocycles. The van der Waals surface area contributed by atoms with Gasteiger partial charge in [0.2, 0.25) is 0 Å². The van der Waals surface area contributed by atoms with E-state index in [1.807, 2.05) is 54.9 Å². The number of H-pyrrole nitrogens is 2. The zero-order valence-corrected chi connectivity index (χ0v) is 19.5. The number of aromatic nitrogens is 2. The molecule has 3 aromatic rings. The van der Waals surface area contributed by atoms with Gasteiger partial charge in [-0.25, -0.2) is 12.1 Å². The van der Waals surface area contributed by atoms with Crippen molar-refractivity contribution in [1.29, 1.82) is 0 Å². The molecule has 0 fully saturated rings. The van der Waals surface area contributed by atoms with Crippen molar-refractivity contribution in [2.75, 3.05) is 0 Å². The molecule has 0 spiro atoms. The molecular formula is C22H30N2Ru2. The van der Waals surface area contributed by atoms with Gasteiger partial charge < -0.3 is 24.8 Å². The average Bonchev–Trinajstić information content (AvgIpc) is 3.36. The van der Waals surface area contributed by atoms with Crippen molar-refractivity contribution in [3.05, 3.63) is 118 Å². The van der Waals surface area contributed by atoms with Crippen LogP contribution in [-0.2, 0) is 39.0 Å². The topological polar surface area (TPSA) is 31.6 Å². The minimum absolute atomic E-state index is 0. The van der Waals surface area contributed by atoms with E-state index in [2.05, 4.69) is 60.4 Å². The van der Waals surface area contributed by atoms with E-state index in [0.717, 1.165) is 6.42 Å². The van der Waals surface area contributed by atoms with Gasteiger partial charge >= 0.3 is 19.5 Å². The van der Waals surface area contributed by atoms with Crippen LogP contribution in [0.25, 0.3) is 0 Å². The molecule has 4 heteroatoms. The molecule has 0 bridgehead atoms. The molecule has 0 radical (unpaired) electrons. The van der Waals surface area contributed by atoms with Gasteiger partial charge in [-0.05, 0) is 31.9 Å². The Labute approximate surface area is 186 Å². The standard InChI is InChI=1S/C6H9N.C5H6.C5H5.C4H4N.2CH3.2Ru/c1-5-3-4-7-6(5)2;3*1-2-4-5-3-1;;;;/h3-4,7H,1-2H3;1-4H,5H2;1-5H;1-3,5H;2*1H3;;/q;;4*-1;;+4. The maximum Gasteiger partial charge on any atom is 4.00 e. The van der Waals surface area contributed by atoms with E-state index >= 15 is 0 Å². The molecule has 26 heavy (non-hydrogen) atoms. The third-order valence-corrected chi connectivity index (χ3v) is 2.88. The Morgan fingerprint density at radius 3 is 1.73 bits per heavy atom. The van der Waals surface area contributed by atoms with Crippen molar-refractivity contribution in [3.63, 3.8) is 0 Å². The quantitative estimate of drug-likeness (QED) is 0.257. The third kappa shape index (κ3) is 19.0. The number of nitrogens with one attached hydrogen (secondary N) is 2. The van der Waals surface area contributed by atoms with Crippen LogP contribution in [0.15, 0.2) is 85.2 Å². The minimum Gasteiger partial charge on any atom is -0.484 e. The molecule has 0 saturated heterocycles. The maximum absolute atomic E-state index is 3.07. The van der Waals surface area contributed by atoms with Crippen molar-refractivity contribution < 1.29 is 39.0 Å². The number of hydrogen-bond acceptors (Lipinski definition) is 0. The fourth-order valence-electron chi connectivity index (χ4n) is 1.48. The number of allylic oxidation sites excluding steroid dienone is 4. The third-order valence-electron chi connectivity index (χ3n) is 2.88. The zero-order valence-electron chi connectivity index (χ0n) is 16.0. The molecule has 0 unspecified atom stereocenters. The summed E-state index contributed by atoms with van der Waals surface area (Å²) in [5.74, 6) is 0. The SMILES string of the molecule is C1=CCC=C1.Cc1cc[nH]c1C.[CH3-].[CH3-].[Ru+4].[Ru].[c-]1ccc[nH]1.c1cc[cH-]c1. The summed E-state index contributed by atoms with van der Waals surface area (Å²) in [6.07, 6.45) is 16.0. The molecule has 4 rings (SSSR count). The molecule has 0 aliphatic heterocycles. The molecule has 2 N–H and O–H groups in total. The van der Waals surface area contributed by atoms with E-state index in [1.54, 1.807) is 0 Å². The summed E-state index contributed by atoms with van der Waals surface area (Å²) in [7, 11) is 0. The largest absolute Gasteiger partial charge is 4.00 e. The molecule has 2 aromatic heterocycles. The van der Waals surface area contributed by atoms with E-state index in [1.165, 1.54) is 11.3 Å². The van der Waals surface area contributed by atoms with Crippen LogP contribution in [-0.4, -0.2) is 9.97 Å². The van der Waals surface area contributed by atoms with Gasteiger partial charge in [0.15, 0.2) is 0 Å². The van der Waals surface area contributed by atoms with Crippen LogP contribution >= 0.6 is 0 Å². The molecule has 2 heterocycles. The van der Waals surface area contributed by atoms with Crippen LogP contribution < -0.4 is 0 Å². The second kappa shape index (κ2) is 23.6. The molecular weight excluding hydrogens is 494 g/mol. The summed E-state index contributed by atoms with van der Waals surface area (Å²) in [5.41, 5.74) is 2.60. The summed E-state index contributed by atoms with van der Waals surface area (Å²) in [5, 5.41) is 0. The number of aryl methyl sites for hydroxylation is 2. The first-order valence-electron chi connectivity index (χ1n) is 7.39. The minimum atomic E-state index is 0. The van der Waals surface area contributed by atoms with Gasteiger partial charge in [-0.2, -0.15) is 36.5 Å². The van der Waals surface area contributed by atoms with E-state index < -0.39 is 0 Å². The van der Waals surface area contributed by atoms with Gasteiger partial charge in [0.1, 0.15) is 0 Å².